The van der Waals surface area contributed by atoms with E-state index in [0.29, 0.717) is 28.6 Å². The molecule has 1 aromatic heterocycles. The lowest BCUT2D eigenvalue weighted by molar-refractivity contribution is 0.248. The topological polar surface area (TPSA) is 99.0 Å². The van der Waals surface area contributed by atoms with E-state index in [9.17, 15) is 9.18 Å². The van der Waals surface area contributed by atoms with Crippen LogP contribution in [0.5, 0.6) is 0 Å². The number of primary amides is 1. The molecule has 0 saturated carbocycles. The summed E-state index contributed by atoms with van der Waals surface area (Å²) in [7, 11) is 0. The number of carbonyl (C=O) groups excluding carboxylic acids is 1. The molecule has 1 aromatic carbocycles. The third-order valence-electron chi connectivity index (χ3n) is 2.45. The van der Waals surface area contributed by atoms with E-state index >= 15 is 0 Å². The van der Waals surface area contributed by atoms with Crippen molar-refractivity contribution in [3.63, 3.8) is 0 Å². The lowest BCUT2D eigenvalue weighted by Gasteiger charge is -2.06. The summed E-state index contributed by atoms with van der Waals surface area (Å²) in [4.78, 5) is 14.6. The Morgan fingerprint density at radius 3 is 2.94 bits per heavy atom. The van der Waals surface area contributed by atoms with Gasteiger partial charge in [0.2, 0.25) is 5.95 Å². The van der Waals surface area contributed by atoms with Crippen molar-refractivity contribution in [3.05, 3.63) is 22.4 Å². The molecule has 96 valence electrons. The highest BCUT2D eigenvalue weighted by Crippen LogP contribution is 2.24. The van der Waals surface area contributed by atoms with Crippen LogP contribution in [-0.4, -0.2) is 22.1 Å². The summed E-state index contributed by atoms with van der Waals surface area (Å²) in [5, 5.41) is 2.45. The lowest BCUT2D eigenvalue weighted by Crippen LogP contribution is -2.32. The number of benzene rings is 1. The number of nitrogen functional groups attached to an aromatic ring is 1. The molecule has 8 heteroatoms. The molecule has 0 unspecified atom stereocenters. The molecule has 0 aliphatic carbocycles. The Balaban J connectivity index is 2.34. The second-order valence-corrected chi connectivity index (χ2v) is 4.52. The molecule has 0 fully saturated rings. The number of amides is 2. The summed E-state index contributed by atoms with van der Waals surface area (Å²) in [6.45, 7) is 0.726. The van der Waals surface area contributed by atoms with E-state index in [1.54, 1.807) is 10.6 Å². The zero-order chi connectivity index (χ0) is 13.3. The molecule has 0 atom stereocenters. The van der Waals surface area contributed by atoms with Crippen LogP contribution in [0.4, 0.5) is 15.1 Å². The molecule has 6 nitrogen and oxygen atoms in total. The molecular weight excluding hydrogens is 305 g/mol. The van der Waals surface area contributed by atoms with Gasteiger partial charge < -0.3 is 21.4 Å². The summed E-state index contributed by atoms with van der Waals surface area (Å²) < 4.78 is 15.3. The normalized spacial score (nSPS) is 10.8. The third kappa shape index (κ3) is 2.37. The molecule has 2 rings (SSSR count). The van der Waals surface area contributed by atoms with Crippen LogP contribution in [0, 0.1) is 5.82 Å². The molecule has 2 aromatic rings. The molecule has 0 saturated heterocycles. The van der Waals surface area contributed by atoms with Gasteiger partial charge in [-0.15, -0.1) is 0 Å². The number of halogens is 2. The molecule has 2 amide bonds. The first-order chi connectivity index (χ1) is 8.49. The Morgan fingerprint density at radius 2 is 2.28 bits per heavy atom. The van der Waals surface area contributed by atoms with Gasteiger partial charge in [0.1, 0.15) is 5.82 Å². The van der Waals surface area contributed by atoms with Gasteiger partial charge in [0.05, 0.1) is 15.5 Å². The van der Waals surface area contributed by atoms with Crippen molar-refractivity contribution in [2.45, 2.75) is 6.54 Å². The van der Waals surface area contributed by atoms with Gasteiger partial charge in [0.25, 0.3) is 0 Å². The van der Waals surface area contributed by atoms with Crippen molar-refractivity contribution in [2.24, 2.45) is 5.73 Å². The highest BCUT2D eigenvalue weighted by atomic mass is 79.9. The van der Waals surface area contributed by atoms with Gasteiger partial charge in [-0.05, 0) is 22.0 Å². The van der Waals surface area contributed by atoms with E-state index in [4.69, 9.17) is 11.5 Å². The second-order valence-electron chi connectivity index (χ2n) is 3.67. The quantitative estimate of drug-likeness (QED) is 0.793. The minimum Gasteiger partial charge on any atom is -0.369 e. The van der Waals surface area contributed by atoms with Crippen molar-refractivity contribution in [1.29, 1.82) is 0 Å². The molecule has 5 N–H and O–H groups in total. The van der Waals surface area contributed by atoms with Crippen LogP contribution in [0.2, 0.25) is 0 Å². The molecule has 0 radical (unpaired) electrons. The number of rotatable bonds is 3. The number of imidazole rings is 1. The average Bonchev–Trinajstić information content (AvgIpc) is 2.56. The van der Waals surface area contributed by atoms with Gasteiger partial charge in [0, 0.05) is 19.2 Å². The fraction of sp³-hybridized carbons (Fsp3) is 0.200. The van der Waals surface area contributed by atoms with Gasteiger partial charge in [-0.3, -0.25) is 0 Å². The van der Waals surface area contributed by atoms with Crippen LogP contribution in [0.15, 0.2) is 16.6 Å². The van der Waals surface area contributed by atoms with Crippen molar-refractivity contribution in [2.75, 3.05) is 12.3 Å². The average molecular weight is 316 g/mol. The van der Waals surface area contributed by atoms with Crippen LogP contribution in [0.1, 0.15) is 0 Å². The Hall–Kier alpha value is -1.83. The predicted molar refractivity (Wildman–Crippen MR) is 69.4 cm³/mol. The van der Waals surface area contributed by atoms with Crippen LogP contribution in [-0.2, 0) is 6.54 Å². The zero-order valence-electron chi connectivity index (χ0n) is 9.28. The maximum Gasteiger partial charge on any atom is 0.312 e. The molecule has 0 aliphatic rings. The number of hydrogen-bond donors (Lipinski definition) is 3. The van der Waals surface area contributed by atoms with E-state index in [1.807, 2.05) is 0 Å². The molecule has 0 spiro atoms. The van der Waals surface area contributed by atoms with Crippen LogP contribution < -0.4 is 16.8 Å². The number of nitrogens with one attached hydrogen (secondary N) is 1. The third-order valence-corrected chi connectivity index (χ3v) is 3.06. The van der Waals surface area contributed by atoms with Crippen molar-refractivity contribution in [1.82, 2.24) is 14.9 Å². The number of aromatic nitrogens is 2. The smallest absolute Gasteiger partial charge is 0.312 e. The summed E-state index contributed by atoms with van der Waals surface area (Å²) in [6, 6.07) is 2.29. The Bertz CT molecular complexity index is 612. The molecule has 0 aliphatic heterocycles. The molecular formula is C10H11BrFN5O. The SMILES string of the molecule is NC(=O)NCCn1c(N)nc2cc(F)c(Br)cc21. The van der Waals surface area contributed by atoms with Crippen molar-refractivity contribution < 1.29 is 9.18 Å². The largest absolute Gasteiger partial charge is 0.369 e. The number of carbonyl (C=O) groups is 1. The van der Waals surface area contributed by atoms with Crippen LogP contribution in [0.3, 0.4) is 0 Å². The van der Waals surface area contributed by atoms with Crippen LogP contribution >= 0.6 is 15.9 Å². The highest BCUT2D eigenvalue weighted by molar-refractivity contribution is 9.10. The monoisotopic (exact) mass is 315 g/mol. The van der Waals surface area contributed by atoms with E-state index in [-0.39, 0.29) is 5.95 Å². The molecule has 0 bridgehead atoms. The van der Waals surface area contributed by atoms with Gasteiger partial charge in [-0.1, -0.05) is 0 Å². The van der Waals surface area contributed by atoms with Gasteiger partial charge >= 0.3 is 6.03 Å². The van der Waals surface area contributed by atoms with Crippen molar-refractivity contribution in [3.8, 4) is 0 Å². The predicted octanol–water partition coefficient (Wildman–Crippen LogP) is 1.19. The number of hydrogen-bond acceptors (Lipinski definition) is 3. The summed E-state index contributed by atoms with van der Waals surface area (Å²) in [5.74, 6) is -0.142. The fourth-order valence-corrected chi connectivity index (χ4v) is 2.00. The standard InChI is InChI=1S/C10H11BrFN5O/c11-5-3-8-7(4-6(5)12)16-9(13)17(8)2-1-15-10(14)18/h3-4H,1-2H2,(H2,13,16)(H3,14,15,18). The number of fused-ring (bicyclic) bond motifs is 1. The summed E-state index contributed by atoms with van der Waals surface area (Å²) >= 11 is 3.10. The highest BCUT2D eigenvalue weighted by Gasteiger charge is 2.11. The second kappa shape index (κ2) is 4.81. The van der Waals surface area contributed by atoms with E-state index < -0.39 is 11.8 Å². The number of urea groups is 1. The van der Waals surface area contributed by atoms with Gasteiger partial charge in [-0.25, -0.2) is 14.2 Å². The fourth-order valence-electron chi connectivity index (χ4n) is 1.66. The Labute approximate surface area is 110 Å². The first-order valence-corrected chi connectivity index (χ1v) is 5.92. The maximum atomic E-state index is 13.3. The van der Waals surface area contributed by atoms with E-state index in [0.717, 1.165) is 0 Å². The Kier molecular flexibility index (Phi) is 3.37. The maximum absolute atomic E-state index is 13.3. The minimum absolute atomic E-state index is 0.258. The minimum atomic E-state index is -0.606. The van der Waals surface area contributed by atoms with Gasteiger partial charge in [0.15, 0.2) is 0 Å². The number of nitrogens with zero attached hydrogens (tertiary/aromatic N) is 2. The van der Waals surface area contributed by atoms with Gasteiger partial charge in [-0.2, -0.15) is 0 Å². The first-order valence-electron chi connectivity index (χ1n) is 5.13. The van der Waals surface area contributed by atoms with E-state index in [1.165, 1.54) is 6.07 Å². The molecule has 18 heavy (non-hydrogen) atoms. The van der Waals surface area contributed by atoms with Crippen molar-refractivity contribution >= 4 is 38.9 Å². The number of nitrogens with two attached hydrogens (primary N) is 2. The first kappa shape index (κ1) is 12.6. The van der Waals surface area contributed by atoms with E-state index in [2.05, 4.69) is 26.2 Å². The Morgan fingerprint density at radius 1 is 1.56 bits per heavy atom. The summed E-state index contributed by atoms with van der Waals surface area (Å²) in [5.41, 5.74) is 11.9. The number of anilines is 1. The zero-order valence-corrected chi connectivity index (χ0v) is 10.9. The van der Waals surface area contributed by atoms with Crippen LogP contribution in [0.25, 0.3) is 11.0 Å². The summed E-state index contributed by atoms with van der Waals surface area (Å²) in [6.07, 6.45) is 0. The lowest BCUT2D eigenvalue weighted by atomic mass is 10.3. The molecule has 1 heterocycles.